The first-order valence-electron chi connectivity index (χ1n) is 8.27. The summed E-state index contributed by atoms with van der Waals surface area (Å²) in [6, 6.07) is 7.96. The number of benzene rings is 1. The van der Waals surface area contributed by atoms with Crippen LogP contribution in [-0.4, -0.2) is 30.4 Å². The average molecular weight is 320 g/mol. The largest absolute Gasteiger partial charge is 0.444 e. The molecule has 0 radical (unpaired) electrons. The standard InChI is InChI=1S/C18H28N2O3/c1-13-9-10-15(22-13)12-19-16-8-6-5-7-14(16)11-20-17(21)23-18(2,3)4/h5-8,13,15,19H,9-12H2,1-4H3,(H,20,21). The van der Waals surface area contributed by atoms with Crippen LogP contribution in [-0.2, 0) is 16.0 Å². The lowest BCUT2D eigenvalue weighted by Gasteiger charge is -2.20. The Morgan fingerprint density at radius 3 is 2.70 bits per heavy atom. The van der Waals surface area contributed by atoms with Crippen molar-refractivity contribution in [3.63, 3.8) is 0 Å². The Morgan fingerprint density at radius 2 is 2.04 bits per heavy atom. The van der Waals surface area contributed by atoms with Crippen molar-refractivity contribution in [1.29, 1.82) is 0 Å². The van der Waals surface area contributed by atoms with Gasteiger partial charge in [0.1, 0.15) is 5.60 Å². The van der Waals surface area contributed by atoms with E-state index in [9.17, 15) is 4.79 Å². The molecule has 128 valence electrons. The zero-order valence-electron chi connectivity index (χ0n) is 14.5. The molecule has 2 N–H and O–H groups in total. The summed E-state index contributed by atoms with van der Waals surface area (Å²) in [5.41, 5.74) is 1.56. The van der Waals surface area contributed by atoms with E-state index < -0.39 is 11.7 Å². The highest BCUT2D eigenvalue weighted by molar-refractivity contribution is 5.68. The lowest BCUT2D eigenvalue weighted by atomic mass is 10.1. The highest BCUT2D eigenvalue weighted by Gasteiger charge is 2.21. The molecule has 0 spiro atoms. The van der Waals surface area contributed by atoms with Gasteiger partial charge < -0.3 is 20.1 Å². The van der Waals surface area contributed by atoms with E-state index in [1.165, 1.54) is 0 Å². The predicted octanol–water partition coefficient (Wildman–Crippen LogP) is 3.69. The van der Waals surface area contributed by atoms with Crippen LogP contribution >= 0.6 is 0 Å². The SMILES string of the molecule is CC1CCC(CNc2ccccc2CNC(=O)OC(C)(C)C)O1. The molecule has 0 aromatic heterocycles. The third kappa shape index (κ3) is 6.10. The fraction of sp³-hybridized carbons (Fsp3) is 0.611. The lowest BCUT2D eigenvalue weighted by Crippen LogP contribution is -2.32. The van der Waals surface area contributed by atoms with Crippen molar-refractivity contribution in [1.82, 2.24) is 5.32 Å². The van der Waals surface area contributed by atoms with Crippen LogP contribution in [0.1, 0.15) is 46.1 Å². The summed E-state index contributed by atoms with van der Waals surface area (Å²) in [5.74, 6) is 0. The first-order valence-corrected chi connectivity index (χ1v) is 8.27. The topological polar surface area (TPSA) is 59.6 Å². The number of amides is 1. The van der Waals surface area contributed by atoms with Gasteiger partial charge >= 0.3 is 6.09 Å². The molecule has 1 aromatic carbocycles. The van der Waals surface area contributed by atoms with E-state index in [1.54, 1.807) is 0 Å². The zero-order valence-corrected chi connectivity index (χ0v) is 14.5. The smallest absolute Gasteiger partial charge is 0.407 e. The van der Waals surface area contributed by atoms with Gasteiger partial charge in [0.15, 0.2) is 0 Å². The van der Waals surface area contributed by atoms with Crippen LogP contribution in [0.3, 0.4) is 0 Å². The van der Waals surface area contributed by atoms with E-state index in [0.717, 1.165) is 30.6 Å². The maximum Gasteiger partial charge on any atom is 0.407 e. The summed E-state index contributed by atoms with van der Waals surface area (Å²) in [7, 11) is 0. The van der Waals surface area contributed by atoms with Crippen molar-refractivity contribution in [3.05, 3.63) is 29.8 Å². The Hall–Kier alpha value is -1.75. The summed E-state index contributed by atoms with van der Waals surface area (Å²) in [6.07, 6.45) is 2.42. The molecule has 1 aliphatic rings. The lowest BCUT2D eigenvalue weighted by molar-refractivity contribution is 0.0523. The van der Waals surface area contributed by atoms with E-state index in [0.29, 0.717) is 12.6 Å². The molecule has 5 nitrogen and oxygen atoms in total. The van der Waals surface area contributed by atoms with Gasteiger partial charge in [-0.25, -0.2) is 4.79 Å². The Morgan fingerprint density at radius 1 is 1.30 bits per heavy atom. The third-order valence-electron chi connectivity index (χ3n) is 3.68. The Balaban J connectivity index is 1.86. The van der Waals surface area contributed by atoms with Gasteiger partial charge in [0.2, 0.25) is 0 Å². The number of rotatable bonds is 5. The molecular weight excluding hydrogens is 292 g/mol. The van der Waals surface area contributed by atoms with Crippen LogP contribution in [0.15, 0.2) is 24.3 Å². The van der Waals surface area contributed by atoms with Crippen molar-refractivity contribution in [2.45, 2.75) is 64.9 Å². The second-order valence-electron chi connectivity index (χ2n) is 7.04. The van der Waals surface area contributed by atoms with Crippen molar-refractivity contribution in [3.8, 4) is 0 Å². The van der Waals surface area contributed by atoms with Gasteiger partial charge in [0.25, 0.3) is 0 Å². The molecule has 23 heavy (non-hydrogen) atoms. The van der Waals surface area contributed by atoms with E-state index in [2.05, 4.69) is 17.6 Å². The number of carbonyl (C=O) groups is 1. The molecule has 2 atom stereocenters. The van der Waals surface area contributed by atoms with E-state index in [1.807, 2.05) is 45.0 Å². The number of carbonyl (C=O) groups excluding carboxylic acids is 1. The second-order valence-corrected chi connectivity index (χ2v) is 7.04. The summed E-state index contributed by atoms with van der Waals surface area (Å²) in [5, 5.41) is 6.23. The Labute approximate surface area is 138 Å². The molecule has 1 aromatic rings. The molecule has 1 aliphatic heterocycles. The van der Waals surface area contributed by atoms with Crippen molar-refractivity contribution in [2.75, 3.05) is 11.9 Å². The van der Waals surface area contributed by atoms with Crippen LogP contribution in [0.25, 0.3) is 0 Å². The minimum atomic E-state index is -0.488. The van der Waals surface area contributed by atoms with Crippen LogP contribution in [0.2, 0.25) is 0 Å². The maximum atomic E-state index is 11.8. The number of para-hydroxylation sites is 1. The number of nitrogens with one attached hydrogen (secondary N) is 2. The van der Waals surface area contributed by atoms with Gasteiger partial charge in [0, 0.05) is 18.8 Å². The number of anilines is 1. The molecule has 0 saturated carbocycles. The summed E-state index contributed by atoms with van der Waals surface area (Å²) in [4.78, 5) is 11.8. The number of hydrogen-bond donors (Lipinski definition) is 2. The molecule has 1 amide bonds. The van der Waals surface area contributed by atoms with E-state index in [4.69, 9.17) is 9.47 Å². The highest BCUT2D eigenvalue weighted by Crippen LogP contribution is 2.21. The summed E-state index contributed by atoms with van der Waals surface area (Å²) < 4.78 is 11.1. The number of ether oxygens (including phenoxy) is 2. The first kappa shape index (κ1) is 17.6. The Bertz CT molecular complexity index is 525. The van der Waals surface area contributed by atoms with Crippen LogP contribution in [0, 0.1) is 0 Å². The molecule has 5 heteroatoms. The maximum absolute atomic E-state index is 11.8. The van der Waals surface area contributed by atoms with E-state index in [-0.39, 0.29) is 6.10 Å². The Kier molecular flexibility index (Phi) is 5.88. The van der Waals surface area contributed by atoms with Gasteiger partial charge in [-0.2, -0.15) is 0 Å². The third-order valence-corrected chi connectivity index (χ3v) is 3.68. The summed E-state index contributed by atoms with van der Waals surface area (Å²) >= 11 is 0. The quantitative estimate of drug-likeness (QED) is 0.868. The highest BCUT2D eigenvalue weighted by atomic mass is 16.6. The predicted molar refractivity (Wildman–Crippen MR) is 91.6 cm³/mol. The number of hydrogen-bond acceptors (Lipinski definition) is 4. The van der Waals surface area contributed by atoms with Gasteiger partial charge in [-0.3, -0.25) is 0 Å². The molecule has 1 fully saturated rings. The molecule has 1 heterocycles. The normalized spacial score (nSPS) is 21.0. The van der Waals surface area contributed by atoms with Crippen LogP contribution in [0.5, 0.6) is 0 Å². The molecular formula is C18H28N2O3. The van der Waals surface area contributed by atoms with Gasteiger partial charge in [-0.1, -0.05) is 18.2 Å². The average Bonchev–Trinajstić information content (AvgIpc) is 2.87. The minimum absolute atomic E-state index is 0.261. The fourth-order valence-electron chi connectivity index (χ4n) is 2.59. The molecule has 1 saturated heterocycles. The van der Waals surface area contributed by atoms with Gasteiger partial charge in [0.05, 0.1) is 12.2 Å². The summed E-state index contributed by atoms with van der Waals surface area (Å²) in [6.45, 7) is 8.88. The fourth-order valence-corrected chi connectivity index (χ4v) is 2.59. The van der Waals surface area contributed by atoms with Crippen molar-refractivity contribution < 1.29 is 14.3 Å². The molecule has 2 unspecified atom stereocenters. The zero-order chi connectivity index (χ0) is 16.9. The second kappa shape index (κ2) is 7.68. The van der Waals surface area contributed by atoms with Gasteiger partial charge in [-0.15, -0.1) is 0 Å². The monoisotopic (exact) mass is 320 g/mol. The number of alkyl carbamates (subject to hydrolysis) is 1. The van der Waals surface area contributed by atoms with Crippen molar-refractivity contribution in [2.24, 2.45) is 0 Å². The minimum Gasteiger partial charge on any atom is -0.444 e. The van der Waals surface area contributed by atoms with Crippen LogP contribution in [0.4, 0.5) is 10.5 Å². The van der Waals surface area contributed by atoms with Gasteiger partial charge in [-0.05, 0) is 52.2 Å². The van der Waals surface area contributed by atoms with E-state index >= 15 is 0 Å². The van der Waals surface area contributed by atoms with Crippen LogP contribution < -0.4 is 10.6 Å². The molecule has 0 aliphatic carbocycles. The van der Waals surface area contributed by atoms with Crippen molar-refractivity contribution >= 4 is 11.8 Å². The molecule has 0 bridgehead atoms. The molecule has 2 rings (SSSR count). The first-order chi connectivity index (χ1) is 10.8.